The van der Waals surface area contributed by atoms with Crippen LogP contribution < -0.4 is 5.32 Å². The number of benzene rings is 1. The predicted molar refractivity (Wildman–Crippen MR) is 141 cm³/mol. The Hall–Kier alpha value is -1.66. The number of hydrogen-bond acceptors (Lipinski definition) is 4. The van der Waals surface area contributed by atoms with Gasteiger partial charge in [-0.05, 0) is 56.2 Å². The molecule has 0 aliphatic rings. The molecule has 0 heterocycles. The van der Waals surface area contributed by atoms with Crippen molar-refractivity contribution < 1.29 is 28.8 Å². The van der Waals surface area contributed by atoms with Crippen LogP contribution in [0.25, 0.3) is 0 Å². The number of aromatic hydroxyl groups is 1. The maximum absolute atomic E-state index is 12.3. The quantitative estimate of drug-likeness (QED) is 0.0843. The molecule has 8 heteroatoms. The number of carbonyl (C=O) groups is 1. The monoisotopic (exact) mass is 511 g/mol. The molecule has 1 amide bonds. The van der Waals surface area contributed by atoms with Gasteiger partial charge in [-0.25, -0.2) is 4.57 Å². The zero-order chi connectivity index (χ0) is 25.8. The molecule has 35 heavy (non-hydrogen) atoms. The molecule has 0 saturated heterocycles. The zero-order valence-electron chi connectivity index (χ0n) is 21.4. The van der Waals surface area contributed by atoms with Crippen molar-refractivity contribution in [2.24, 2.45) is 0 Å². The van der Waals surface area contributed by atoms with Crippen LogP contribution in [0.1, 0.15) is 102 Å². The topological polar surface area (TPSA) is 116 Å². The third-order valence-corrected chi connectivity index (χ3v) is 6.38. The van der Waals surface area contributed by atoms with Crippen molar-refractivity contribution in [3.63, 3.8) is 0 Å². The summed E-state index contributed by atoms with van der Waals surface area (Å²) in [6.07, 6.45) is 20.9. The lowest BCUT2D eigenvalue weighted by Gasteiger charge is -2.19. The van der Waals surface area contributed by atoms with Crippen LogP contribution in [0.15, 0.2) is 36.4 Å². The lowest BCUT2D eigenvalue weighted by Crippen LogP contribution is -2.39. The van der Waals surface area contributed by atoms with Gasteiger partial charge >= 0.3 is 7.82 Å². The van der Waals surface area contributed by atoms with E-state index in [2.05, 4.69) is 28.9 Å². The summed E-state index contributed by atoms with van der Waals surface area (Å²) in [5, 5.41) is 12.2. The molecule has 1 rings (SSSR count). The van der Waals surface area contributed by atoms with E-state index in [4.69, 9.17) is 9.79 Å². The molecular weight excluding hydrogens is 465 g/mol. The van der Waals surface area contributed by atoms with Crippen LogP contribution in [-0.4, -0.2) is 33.4 Å². The van der Waals surface area contributed by atoms with E-state index in [1.807, 2.05) is 0 Å². The first-order valence-electron chi connectivity index (χ1n) is 13.2. The number of nitrogens with one attached hydrogen (secondary N) is 1. The predicted octanol–water partition coefficient (Wildman–Crippen LogP) is 6.57. The number of phenolic OH excluding ortho intramolecular Hbond substituents is 1. The normalized spacial score (nSPS) is 12.8. The van der Waals surface area contributed by atoms with Crippen molar-refractivity contribution in [3.8, 4) is 5.75 Å². The summed E-state index contributed by atoms with van der Waals surface area (Å²) < 4.78 is 15.7. The van der Waals surface area contributed by atoms with Crippen molar-refractivity contribution in [1.82, 2.24) is 5.32 Å². The molecule has 0 spiro atoms. The number of amides is 1. The molecule has 4 N–H and O–H groups in total. The van der Waals surface area contributed by atoms with Crippen molar-refractivity contribution in [1.29, 1.82) is 0 Å². The second-order valence-electron chi connectivity index (χ2n) is 9.26. The van der Waals surface area contributed by atoms with Gasteiger partial charge in [-0.3, -0.25) is 9.32 Å². The number of phosphoric acid groups is 1. The van der Waals surface area contributed by atoms with E-state index in [-0.39, 0.29) is 18.3 Å². The minimum Gasteiger partial charge on any atom is -0.508 e. The van der Waals surface area contributed by atoms with Gasteiger partial charge in [-0.1, -0.05) is 82.6 Å². The summed E-state index contributed by atoms with van der Waals surface area (Å²) >= 11 is 0. The fourth-order valence-electron chi connectivity index (χ4n) is 3.91. The SMILES string of the molecule is CCCCCCCC/C=C\CCCCCCCC(=O)N[C@@H](COP(=O)(O)O)Cc1ccc(O)cc1. The van der Waals surface area contributed by atoms with Crippen LogP contribution in [0, 0.1) is 0 Å². The minimum absolute atomic E-state index is 0.130. The van der Waals surface area contributed by atoms with E-state index in [0.717, 1.165) is 37.7 Å². The summed E-state index contributed by atoms with van der Waals surface area (Å²) in [5.74, 6) is -0.0225. The van der Waals surface area contributed by atoms with Gasteiger partial charge < -0.3 is 20.2 Å². The van der Waals surface area contributed by atoms with Crippen LogP contribution in [0.5, 0.6) is 5.75 Å². The van der Waals surface area contributed by atoms with Gasteiger partial charge in [-0.15, -0.1) is 0 Å². The Labute approximate surface area is 211 Å². The van der Waals surface area contributed by atoms with Gasteiger partial charge in [0.1, 0.15) is 5.75 Å². The van der Waals surface area contributed by atoms with Crippen LogP contribution in [0.2, 0.25) is 0 Å². The summed E-state index contributed by atoms with van der Waals surface area (Å²) in [6.45, 7) is 1.96. The maximum atomic E-state index is 12.3. The molecule has 0 unspecified atom stereocenters. The Kier molecular flexibility index (Phi) is 17.5. The number of unbranched alkanes of at least 4 members (excludes halogenated alkanes) is 11. The second-order valence-corrected chi connectivity index (χ2v) is 10.5. The third kappa shape index (κ3) is 19.2. The second kappa shape index (κ2) is 19.5. The average molecular weight is 512 g/mol. The van der Waals surface area contributed by atoms with E-state index in [1.54, 1.807) is 12.1 Å². The van der Waals surface area contributed by atoms with E-state index in [9.17, 15) is 14.5 Å². The Morgan fingerprint density at radius 1 is 0.914 bits per heavy atom. The molecule has 1 atom stereocenters. The number of rotatable bonds is 21. The Bertz CT molecular complexity index is 747. The highest BCUT2D eigenvalue weighted by molar-refractivity contribution is 7.46. The first kappa shape index (κ1) is 31.4. The van der Waals surface area contributed by atoms with Crippen molar-refractivity contribution in [2.45, 2.75) is 109 Å². The van der Waals surface area contributed by atoms with Crippen molar-refractivity contribution in [3.05, 3.63) is 42.0 Å². The molecule has 1 aromatic carbocycles. The lowest BCUT2D eigenvalue weighted by atomic mass is 10.1. The molecule has 0 aliphatic heterocycles. The molecule has 7 nitrogen and oxygen atoms in total. The molecule has 0 saturated carbocycles. The summed E-state index contributed by atoms with van der Waals surface area (Å²) in [5.41, 5.74) is 0.823. The fraction of sp³-hybridized carbons (Fsp3) is 0.667. The molecule has 0 aromatic heterocycles. The van der Waals surface area contributed by atoms with E-state index < -0.39 is 13.9 Å². The number of phosphoric ester groups is 1. The first-order chi connectivity index (χ1) is 16.8. The van der Waals surface area contributed by atoms with Crippen LogP contribution in [0.4, 0.5) is 0 Å². The van der Waals surface area contributed by atoms with Crippen molar-refractivity contribution in [2.75, 3.05) is 6.61 Å². The van der Waals surface area contributed by atoms with Crippen LogP contribution in [-0.2, 0) is 20.3 Å². The molecule has 1 aromatic rings. The summed E-state index contributed by atoms with van der Waals surface area (Å²) in [7, 11) is -4.63. The molecule has 200 valence electrons. The van der Waals surface area contributed by atoms with Gasteiger partial charge in [0.05, 0.1) is 12.6 Å². The zero-order valence-corrected chi connectivity index (χ0v) is 22.3. The molecule has 0 bridgehead atoms. The first-order valence-corrected chi connectivity index (χ1v) is 14.8. The minimum atomic E-state index is -4.63. The lowest BCUT2D eigenvalue weighted by molar-refractivity contribution is -0.122. The number of allylic oxidation sites excluding steroid dienone is 2. The molecular formula is C27H46NO6P. The van der Waals surface area contributed by atoms with Gasteiger partial charge in [0.15, 0.2) is 0 Å². The highest BCUT2D eigenvalue weighted by atomic mass is 31.2. The largest absolute Gasteiger partial charge is 0.508 e. The van der Waals surface area contributed by atoms with E-state index in [0.29, 0.717) is 12.8 Å². The molecule has 0 radical (unpaired) electrons. The average Bonchev–Trinajstić information content (AvgIpc) is 2.81. The maximum Gasteiger partial charge on any atom is 0.469 e. The van der Waals surface area contributed by atoms with E-state index >= 15 is 0 Å². The van der Waals surface area contributed by atoms with Gasteiger partial charge in [0, 0.05) is 6.42 Å². The van der Waals surface area contributed by atoms with Crippen LogP contribution in [0.3, 0.4) is 0 Å². The highest BCUT2D eigenvalue weighted by Gasteiger charge is 2.20. The van der Waals surface area contributed by atoms with Gasteiger partial charge in [0.2, 0.25) is 5.91 Å². The fourth-order valence-corrected chi connectivity index (χ4v) is 4.29. The number of hydrogen-bond donors (Lipinski definition) is 4. The van der Waals surface area contributed by atoms with Gasteiger partial charge in [0.25, 0.3) is 0 Å². The summed E-state index contributed by atoms with van der Waals surface area (Å²) in [4.78, 5) is 30.3. The smallest absolute Gasteiger partial charge is 0.469 e. The number of phenols is 1. The molecule has 0 fully saturated rings. The third-order valence-electron chi connectivity index (χ3n) is 5.89. The van der Waals surface area contributed by atoms with E-state index in [1.165, 1.54) is 63.5 Å². The van der Waals surface area contributed by atoms with Crippen molar-refractivity contribution >= 4 is 13.7 Å². The Balaban J connectivity index is 2.15. The van der Waals surface area contributed by atoms with Gasteiger partial charge in [-0.2, -0.15) is 0 Å². The van der Waals surface area contributed by atoms with Crippen LogP contribution >= 0.6 is 7.82 Å². The highest BCUT2D eigenvalue weighted by Crippen LogP contribution is 2.35. The Morgan fingerprint density at radius 3 is 2.03 bits per heavy atom. The summed E-state index contributed by atoms with van der Waals surface area (Å²) in [6, 6.07) is 5.90. The number of carbonyl (C=O) groups excluding carboxylic acids is 1. The Morgan fingerprint density at radius 2 is 1.46 bits per heavy atom. The molecule has 0 aliphatic carbocycles. The standard InChI is InChI=1S/C27H46NO6P/c1-2-3-4-5-6-7-8-9-10-11-12-13-14-15-16-17-27(30)28-25(23-34-35(31,32)33)22-24-18-20-26(29)21-19-24/h9-10,18-21,25,29H,2-8,11-17,22-23H2,1H3,(H,28,30)(H2,31,32,33)/b10-9-/t25-/m1/s1.